The number of morpholine rings is 1. The summed E-state index contributed by atoms with van der Waals surface area (Å²) < 4.78 is 32.7. The minimum Gasteiger partial charge on any atom is -0.378 e. The third kappa shape index (κ3) is 5.23. The Balaban J connectivity index is 1.43. The molecule has 0 spiro atoms. The van der Waals surface area contributed by atoms with E-state index >= 15 is 0 Å². The van der Waals surface area contributed by atoms with E-state index < -0.39 is 10.0 Å². The molecule has 2 aromatic rings. The fraction of sp³-hybridized carbons (Fsp3) is 0.455. The first-order valence-corrected chi connectivity index (χ1v) is 12.2. The molecule has 2 saturated heterocycles. The maximum absolute atomic E-state index is 12.9. The summed E-state index contributed by atoms with van der Waals surface area (Å²) in [5, 5.41) is 2.80. The number of hydrogen-bond donors (Lipinski definition) is 1. The van der Waals surface area contributed by atoms with Gasteiger partial charge < -0.3 is 15.0 Å². The monoisotopic (exact) mass is 444 g/mol. The highest BCUT2D eigenvalue weighted by Gasteiger charge is 2.25. The van der Waals surface area contributed by atoms with Gasteiger partial charge in [0, 0.05) is 43.8 Å². The molecule has 8 nitrogen and oxygen atoms in total. The number of sulfonamides is 1. The third-order valence-electron chi connectivity index (χ3n) is 5.67. The van der Waals surface area contributed by atoms with Crippen molar-refractivity contribution in [1.82, 2.24) is 9.29 Å². The molecule has 3 heterocycles. The highest BCUT2D eigenvalue weighted by molar-refractivity contribution is 7.89. The molecule has 9 heteroatoms. The number of hydrogen-bond acceptors (Lipinski definition) is 6. The van der Waals surface area contributed by atoms with Crippen LogP contribution in [0.15, 0.2) is 47.5 Å². The Morgan fingerprint density at radius 3 is 2.29 bits per heavy atom. The lowest BCUT2D eigenvalue weighted by molar-refractivity contribution is 0.102. The number of amides is 1. The van der Waals surface area contributed by atoms with Gasteiger partial charge in [0.1, 0.15) is 5.69 Å². The Hall–Kier alpha value is -2.49. The number of aromatic nitrogens is 1. The van der Waals surface area contributed by atoms with Gasteiger partial charge in [-0.2, -0.15) is 4.31 Å². The number of nitrogens with one attached hydrogen (secondary N) is 1. The fourth-order valence-corrected chi connectivity index (χ4v) is 5.42. The molecule has 1 aromatic heterocycles. The summed E-state index contributed by atoms with van der Waals surface area (Å²) in [7, 11) is -3.51. The SMILES string of the molecule is O=C(Nc1ccc(S(=O)(=O)N2CCCCCC2)cc1)c1cc(N2CCOCC2)ccn1. The van der Waals surface area contributed by atoms with Gasteiger partial charge in [0.15, 0.2) is 0 Å². The lowest BCUT2D eigenvalue weighted by atomic mass is 10.2. The Morgan fingerprint density at radius 1 is 0.935 bits per heavy atom. The molecule has 2 aliphatic heterocycles. The van der Waals surface area contributed by atoms with Crippen LogP contribution in [0.3, 0.4) is 0 Å². The number of carbonyl (C=O) groups is 1. The molecule has 0 unspecified atom stereocenters. The molecule has 1 aromatic carbocycles. The van der Waals surface area contributed by atoms with Crippen LogP contribution in [-0.4, -0.2) is 63.0 Å². The first-order valence-electron chi connectivity index (χ1n) is 10.7. The zero-order valence-corrected chi connectivity index (χ0v) is 18.3. The van der Waals surface area contributed by atoms with Crippen LogP contribution in [0.5, 0.6) is 0 Å². The number of pyridine rings is 1. The van der Waals surface area contributed by atoms with Gasteiger partial charge >= 0.3 is 0 Å². The summed E-state index contributed by atoms with van der Waals surface area (Å²) in [4.78, 5) is 19.3. The minimum atomic E-state index is -3.51. The van der Waals surface area contributed by atoms with Crippen molar-refractivity contribution in [3.05, 3.63) is 48.3 Å². The van der Waals surface area contributed by atoms with E-state index in [0.29, 0.717) is 37.7 Å². The Kier molecular flexibility index (Phi) is 6.84. The van der Waals surface area contributed by atoms with Crippen molar-refractivity contribution in [3.8, 4) is 0 Å². The molecule has 1 amide bonds. The number of rotatable bonds is 5. The van der Waals surface area contributed by atoms with Crippen molar-refractivity contribution in [2.45, 2.75) is 30.6 Å². The summed E-state index contributed by atoms with van der Waals surface area (Å²) in [5.74, 6) is -0.335. The molecule has 0 atom stereocenters. The first kappa shape index (κ1) is 21.7. The quantitative estimate of drug-likeness (QED) is 0.763. The van der Waals surface area contributed by atoms with Crippen LogP contribution in [0, 0.1) is 0 Å². The first-order chi connectivity index (χ1) is 15.0. The lowest BCUT2D eigenvalue weighted by Crippen LogP contribution is -2.36. The summed E-state index contributed by atoms with van der Waals surface area (Å²) in [6.45, 7) is 4.00. The molecule has 166 valence electrons. The van der Waals surface area contributed by atoms with E-state index in [1.54, 1.807) is 40.8 Å². The van der Waals surface area contributed by atoms with Crippen molar-refractivity contribution < 1.29 is 17.9 Å². The van der Waals surface area contributed by atoms with Gasteiger partial charge in [-0.3, -0.25) is 9.78 Å². The van der Waals surface area contributed by atoms with E-state index in [9.17, 15) is 13.2 Å². The predicted molar refractivity (Wildman–Crippen MR) is 119 cm³/mol. The molecule has 0 aliphatic carbocycles. The molecule has 0 saturated carbocycles. The molecular weight excluding hydrogens is 416 g/mol. The maximum atomic E-state index is 12.9. The fourth-order valence-electron chi connectivity index (χ4n) is 3.90. The smallest absolute Gasteiger partial charge is 0.274 e. The molecule has 1 N–H and O–H groups in total. The summed E-state index contributed by atoms with van der Waals surface area (Å²) in [6, 6.07) is 9.98. The Labute approximate surface area is 183 Å². The van der Waals surface area contributed by atoms with E-state index in [0.717, 1.165) is 44.5 Å². The molecule has 31 heavy (non-hydrogen) atoms. The predicted octanol–water partition coefficient (Wildman–Crippen LogP) is 2.74. The second-order valence-electron chi connectivity index (χ2n) is 7.80. The van der Waals surface area contributed by atoms with Crippen molar-refractivity contribution in [1.29, 1.82) is 0 Å². The highest BCUT2D eigenvalue weighted by Crippen LogP contribution is 2.22. The van der Waals surface area contributed by atoms with E-state index in [4.69, 9.17) is 4.74 Å². The van der Waals surface area contributed by atoms with Gasteiger partial charge in [0.25, 0.3) is 5.91 Å². The largest absolute Gasteiger partial charge is 0.378 e. The number of nitrogens with zero attached hydrogens (tertiary/aromatic N) is 3. The number of anilines is 2. The minimum absolute atomic E-state index is 0.250. The van der Waals surface area contributed by atoms with Crippen molar-refractivity contribution in [2.75, 3.05) is 49.6 Å². The zero-order chi connectivity index (χ0) is 21.7. The summed E-state index contributed by atoms with van der Waals surface area (Å²) in [5.41, 5.74) is 1.77. The molecule has 2 fully saturated rings. The van der Waals surface area contributed by atoms with Crippen LogP contribution in [0.25, 0.3) is 0 Å². The van der Waals surface area contributed by atoms with Gasteiger partial charge in [-0.15, -0.1) is 0 Å². The van der Waals surface area contributed by atoms with Crippen molar-refractivity contribution >= 4 is 27.3 Å². The zero-order valence-electron chi connectivity index (χ0n) is 17.5. The summed E-state index contributed by atoms with van der Waals surface area (Å²) in [6.07, 6.45) is 5.54. The van der Waals surface area contributed by atoms with Gasteiger partial charge in [-0.1, -0.05) is 12.8 Å². The van der Waals surface area contributed by atoms with Gasteiger partial charge in [-0.25, -0.2) is 8.42 Å². The number of carbonyl (C=O) groups excluding carboxylic acids is 1. The lowest BCUT2D eigenvalue weighted by Gasteiger charge is -2.28. The summed E-state index contributed by atoms with van der Waals surface area (Å²) >= 11 is 0. The molecular formula is C22H28N4O4S. The van der Waals surface area contributed by atoms with Crippen LogP contribution in [0.2, 0.25) is 0 Å². The van der Waals surface area contributed by atoms with E-state index in [2.05, 4.69) is 15.2 Å². The van der Waals surface area contributed by atoms with Crippen LogP contribution in [0.4, 0.5) is 11.4 Å². The van der Waals surface area contributed by atoms with Gasteiger partial charge in [-0.05, 0) is 49.2 Å². The average molecular weight is 445 g/mol. The van der Waals surface area contributed by atoms with E-state index in [-0.39, 0.29) is 10.8 Å². The standard InChI is InChI=1S/C22H28N4O4S/c27-22(21-17-19(9-10-23-21)25-13-15-30-16-14-25)24-18-5-7-20(8-6-18)31(28,29)26-11-3-1-2-4-12-26/h5-10,17H,1-4,11-16H2,(H,24,27). The normalized spacial score (nSPS) is 18.4. The van der Waals surface area contributed by atoms with E-state index in [1.165, 1.54) is 0 Å². The highest BCUT2D eigenvalue weighted by atomic mass is 32.2. The molecule has 4 rings (SSSR count). The Bertz CT molecular complexity index is 996. The maximum Gasteiger partial charge on any atom is 0.274 e. The van der Waals surface area contributed by atoms with Crippen LogP contribution < -0.4 is 10.2 Å². The van der Waals surface area contributed by atoms with Gasteiger partial charge in [0.05, 0.1) is 18.1 Å². The van der Waals surface area contributed by atoms with Gasteiger partial charge in [0.2, 0.25) is 10.0 Å². The molecule has 0 radical (unpaired) electrons. The average Bonchev–Trinajstić information content (AvgIpc) is 3.10. The van der Waals surface area contributed by atoms with Crippen LogP contribution in [-0.2, 0) is 14.8 Å². The van der Waals surface area contributed by atoms with Crippen LogP contribution >= 0.6 is 0 Å². The Morgan fingerprint density at radius 2 is 1.61 bits per heavy atom. The molecule has 2 aliphatic rings. The second-order valence-corrected chi connectivity index (χ2v) is 9.73. The molecule has 0 bridgehead atoms. The van der Waals surface area contributed by atoms with Crippen LogP contribution in [0.1, 0.15) is 36.2 Å². The second kappa shape index (κ2) is 9.76. The van der Waals surface area contributed by atoms with Crippen molar-refractivity contribution in [3.63, 3.8) is 0 Å². The topological polar surface area (TPSA) is 91.8 Å². The number of ether oxygens (including phenoxy) is 1. The number of benzene rings is 1. The van der Waals surface area contributed by atoms with Crippen molar-refractivity contribution in [2.24, 2.45) is 0 Å². The third-order valence-corrected chi connectivity index (χ3v) is 7.58. The van der Waals surface area contributed by atoms with E-state index in [1.807, 2.05) is 6.07 Å².